The molecule has 0 radical (unpaired) electrons. The Bertz CT molecular complexity index is 1770. The van der Waals surface area contributed by atoms with Crippen molar-refractivity contribution >= 4 is 33.1 Å². The van der Waals surface area contributed by atoms with Gasteiger partial charge in [0.2, 0.25) is 0 Å². The van der Waals surface area contributed by atoms with E-state index in [0.29, 0.717) is 42.5 Å². The topological polar surface area (TPSA) is 131 Å². The first-order valence-corrected chi connectivity index (χ1v) is 15.2. The number of hydrogen-bond donors (Lipinski definition) is 2. The molecule has 1 aliphatic heterocycles. The predicted octanol–water partition coefficient (Wildman–Crippen LogP) is 4.49. The Kier molecular flexibility index (Phi) is 7.34. The number of halogens is 2. The molecule has 11 nitrogen and oxygen atoms in total. The van der Waals surface area contributed by atoms with Crippen LogP contribution >= 0.6 is 0 Å². The molecular formula is C29H29F2N7O4S. The standard InChI is InChI=1S/C29H29F2N7O4S/c1-18-17-42-13-12-38(18)25-14-24(29(10-11-29)43(40,41)26-22(30)4-3-5-23(26)31)35-27(36-25)19-6-8-20(9-7-19)33-28(39)34-21-15-32-37(2)16-21/h3-9,14-16,18H,10-13,17H2,1-2H3,(H2,33,34,39)/t18-/m0/s1. The van der Waals surface area contributed by atoms with Crippen molar-refractivity contribution in [1.29, 1.82) is 0 Å². The fraction of sp³-hybridized carbons (Fsp3) is 0.310. The average molecular weight is 610 g/mol. The van der Waals surface area contributed by atoms with E-state index in [1.54, 1.807) is 48.3 Å². The van der Waals surface area contributed by atoms with Gasteiger partial charge < -0.3 is 20.3 Å². The maximum Gasteiger partial charge on any atom is 0.323 e. The van der Waals surface area contributed by atoms with Crippen LogP contribution in [0.5, 0.6) is 0 Å². The number of urea groups is 1. The number of sulfone groups is 1. The quantitative estimate of drug-likeness (QED) is 0.314. The Labute approximate surface area is 246 Å². The molecule has 2 aromatic carbocycles. The molecule has 14 heteroatoms. The molecule has 6 rings (SSSR count). The summed E-state index contributed by atoms with van der Waals surface area (Å²) in [6.07, 6.45) is 3.50. The summed E-state index contributed by atoms with van der Waals surface area (Å²) in [4.78, 5) is 22.9. The smallest absolute Gasteiger partial charge is 0.323 e. The second-order valence-electron chi connectivity index (χ2n) is 10.7. The number of benzene rings is 2. The minimum atomic E-state index is -4.49. The highest BCUT2D eigenvalue weighted by Crippen LogP contribution is 2.55. The van der Waals surface area contributed by atoms with Crippen molar-refractivity contribution in [3.8, 4) is 11.4 Å². The number of nitrogens with one attached hydrogen (secondary N) is 2. The lowest BCUT2D eigenvalue weighted by Crippen LogP contribution is -2.44. The van der Waals surface area contributed by atoms with E-state index in [1.807, 2.05) is 11.8 Å². The number of carbonyl (C=O) groups is 1. The van der Waals surface area contributed by atoms with Gasteiger partial charge in [0.15, 0.2) is 15.7 Å². The molecule has 0 spiro atoms. The summed E-state index contributed by atoms with van der Waals surface area (Å²) >= 11 is 0. The van der Waals surface area contributed by atoms with Crippen molar-refractivity contribution in [2.75, 3.05) is 35.3 Å². The van der Waals surface area contributed by atoms with Crippen LogP contribution in [0, 0.1) is 11.6 Å². The first-order chi connectivity index (χ1) is 20.6. The third-order valence-electron chi connectivity index (χ3n) is 7.61. The third kappa shape index (κ3) is 5.43. The maximum absolute atomic E-state index is 14.7. The first kappa shape index (κ1) is 28.7. The van der Waals surface area contributed by atoms with E-state index in [1.165, 1.54) is 6.20 Å². The van der Waals surface area contributed by atoms with Crippen molar-refractivity contribution in [2.24, 2.45) is 7.05 Å². The monoisotopic (exact) mass is 609 g/mol. The third-order valence-corrected chi connectivity index (χ3v) is 10.2. The van der Waals surface area contributed by atoms with E-state index in [4.69, 9.17) is 9.72 Å². The van der Waals surface area contributed by atoms with Crippen LogP contribution in [0.15, 0.2) is 65.8 Å². The molecule has 2 amide bonds. The number of aryl methyl sites for hydroxylation is 1. The fourth-order valence-electron chi connectivity index (χ4n) is 5.20. The molecule has 3 heterocycles. The lowest BCUT2D eigenvalue weighted by Gasteiger charge is -2.34. The highest BCUT2D eigenvalue weighted by molar-refractivity contribution is 7.92. The number of aromatic nitrogens is 4. The summed E-state index contributed by atoms with van der Waals surface area (Å²) in [5.74, 6) is -1.55. The molecule has 1 atom stereocenters. The zero-order chi connectivity index (χ0) is 30.4. The van der Waals surface area contributed by atoms with Crippen LogP contribution in [0.3, 0.4) is 0 Å². The second kappa shape index (κ2) is 11.0. The number of anilines is 3. The van der Waals surface area contributed by atoms with E-state index >= 15 is 0 Å². The molecule has 4 aromatic rings. The Morgan fingerprint density at radius 1 is 1.05 bits per heavy atom. The number of carbonyl (C=O) groups excluding carboxylic acids is 1. The lowest BCUT2D eigenvalue weighted by atomic mass is 10.1. The zero-order valence-electron chi connectivity index (χ0n) is 23.4. The predicted molar refractivity (Wildman–Crippen MR) is 155 cm³/mol. The number of rotatable bonds is 7. The number of nitrogens with zero attached hydrogens (tertiary/aromatic N) is 5. The van der Waals surface area contributed by atoms with E-state index < -0.39 is 37.1 Å². The molecule has 43 heavy (non-hydrogen) atoms. The lowest BCUT2D eigenvalue weighted by molar-refractivity contribution is 0.0985. The molecule has 1 saturated heterocycles. The largest absolute Gasteiger partial charge is 0.377 e. The van der Waals surface area contributed by atoms with Gasteiger partial charge in [0.25, 0.3) is 0 Å². The van der Waals surface area contributed by atoms with E-state index in [2.05, 4.69) is 20.7 Å². The summed E-state index contributed by atoms with van der Waals surface area (Å²) in [6.45, 7) is 3.41. The van der Waals surface area contributed by atoms with Crippen LogP contribution in [0.4, 0.5) is 30.8 Å². The molecule has 1 saturated carbocycles. The van der Waals surface area contributed by atoms with Gasteiger partial charge >= 0.3 is 6.03 Å². The molecule has 0 bridgehead atoms. The van der Waals surface area contributed by atoms with E-state index in [9.17, 15) is 22.0 Å². The Morgan fingerprint density at radius 3 is 2.37 bits per heavy atom. The number of morpholine rings is 1. The summed E-state index contributed by atoms with van der Waals surface area (Å²) in [5.41, 5.74) is 1.77. The molecule has 1 aliphatic carbocycles. The normalized spacial score (nSPS) is 17.9. The highest BCUT2D eigenvalue weighted by atomic mass is 32.2. The van der Waals surface area contributed by atoms with Crippen LogP contribution in [0.1, 0.15) is 25.5 Å². The SMILES string of the molecule is C[C@H]1COCCN1c1cc(C2(S(=O)(=O)c3c(F)cccc3F)CC2)nc(-c2ccc(NC(=O)Nc3cnn(C)c3)cc2)n1. The van der Waals surface area contributed by atoms with Crippen LogP contribution < -0.4 is 15.5 Å². The van der Waals surface area contributed by atoms with Crippen LogP contribution in [-0.4, -0.2) is 60.0 Å². The minimum Gasteiger partial charge on any atom is -0.377 e. The Hall–Kier alpha value is -4.43. The van der Waals surface area contributed by atoms with Crippen molar-refractivity contribution in [2.45, 2.75) is 35.4 Å². The van der Waals surface area contributed by atoms with E-state index in [-0.39, 0.29) is 30.4 Å². The van der Waals surface area contributed by atoms with Gasteiger partial charge in [0, 0.05) is 37.1 Å². The van der Waals surface area contributed by atoms with Gasteiger partial charge in [-0.3, -0.25) is 4.68 Å². The highest BCUT2D eigenvalue weighted by Gasteiger charge is 2.59. The van der Waals surface area contributed by atoms with Gasteiger partial charge in [-0.1, -0.05) is 6.07 Å². The van der Waals surface area contributed by atoms with Gasteiger partial charge in [-0.25, -0.2) is 32.0 Å². The maximum atomic E-state index is 14.7. The van der Waals surface area contributed by atoms with Crippen LogP contribution in [0.25, 0.3) is 11.4 Å². The summed E-state index contributed by atoms with van der Waals surface area (Å²) in [7, 11) is -2.75. The Morgan fingerprint density at radius 2 is 1.74 bits per heavy atom. The Balaban J connectivity index is 1.36. The number of amides is 2. The number of ether oxygens (including phenoxy) is 1. The summed E-state index contributed by atoms with van der Waals surface area (Å²) in [5, 5.41) is 9.44. The summed E-state index contributed by atoms with van der Waals surface area (Å²) in [6, 6.07) is 10.8. The fourth-order valence-corrected chi connectivity index (χ4v) is 7.26. The molecule has 2 fully saturated rings. The first-order valence-electron chi connectivity index (χ1n) is 13.7. The van der Waals surface area contributed by atoms with Crippen molar-refractivity contribution in [1.82, 2.24) is 19.7 Å². The molecule has 224 valence electrons. The zero-order valence-corrected chi connectivity index (χ0v) is 24.2. The van der Waals surface area contributed by atoms with Gasteiger partial charge in [-0.2, -0.15) is 5.10 Å². The van der Waals surface area contributed by atoms with Crippen LogP contribution in [0.2, 0.25) is 0 Å². The van der Waals surface area contributed by atoms with Gasteiger partial charge in [-0.15, -0.1) is 0 Å². The second-order valence-corrected chi connectivity index (χ2v) is 12.9. The number of hydrogen-bond acceptors (Lipinski definition) is 8. The average Bonchev–Trinajstić information content (AvgIpc) is 3.71. The van der Waals surface area contributed by atoms with Gasteiger partial charge in [0.05, 0.1) is 36.8 Å². The molecule has 2 N–H and O–H groups in total. The van der Waals surface area contributed by atoms with Crippen LogP contribution in [-0.2, 0) is 26.4 Å². The molecular weight excluding hydrogens is 580 g/mol. The molecule has 2 aliphatic rings. The van der Waals surface area contributed by atoms with Crippen molar-refractivity contribution in [3.63, 3.8) is 0 Å². The molecule has 0 unspecified atom stereocenters. The van der Waals surface area contributed by atoms with Gasteiger partial charge in [0.1, 0.15) is 27.1 Å². The minimum absolute atomic E-state index is 0.0509. The van der Waals surface area contributed by atoms with Crippen molar-refractivity contribution < 1.29 is 26.7 Å². The van der Waals surface area contributed by atoms with E-state index in [0.717, 1.165) is 18.2 Å². The van der Waals surface area contributed by atoms with Crippen molar-refractivity contribution in [3.05, 3.63) is 78.3 Å². The van der Waals surface area contributed by atoms with Gasteiger partial charge in [-0.05, 0) is 56.2 Å². The summed E-state index contributed by atoms with van der Waals surface area (Å²) < 4.78 is 62.6. The molecule has 2 aromatic heterocycles.